The van der Waals surface area contributed by atoms with Crippen LogP contribution >= 0.6 is 0 Å². The van der Waals surface area contributed by atoms with E-state index in [1.54, 1.807) is 0 Å². The van der Waals surface area contributed by atoms with Crippen LogP contribution in [0.1, 0.15) is 11.1 Å². The molecule has 0 radical (unpaired) electrons. The minimum absolute atomic E-state index is 0.0417. The summed E-state index contributed by atoms with van der Waals surface area (Å²) >= 11 is 0. The lowest BCUT2D eigenvalue weighted by Crippen LogP contribution is -2.11. The van der Waals surface area contributed by atoms with E-state index in [1.807, 2.05) is 0 Å². The van der Waals surface area contributed by atoms with E-state index in [1.165, 1.54) is 24.3 Å². The predicted octanol–water partition coefficient (Wildman–Crippen LogP) is 3.42. The molecular weight excluding hydrogens is 347 g/mol. The Morgan fingerprint density at radius 2 is 1.54 bits per heavy atom. The van der Waals surface area contributed by atoms with Crippen LogP contribution in [0.3, 0.4) is 0 Å². The fourth-order valence-corrected chi connectivity index (χ4v) is 3.30. The van der Waals surface area contributed by atoms with Crippen LogP contribution in [0.15, 0.2) is 53.4 Å². The smallest absolute Gasteiger partial charge is 0.416 e. The number of benzene rings is 2. The topological polar surface area (TPSA) is 80.7 Å². The maximum absolute atomic E-state index is 12.5. The van der Waals surface area contributed by atoms with E-state index in [9.17, 15) is 26.8 Å². The first kappa shape index (κ1) is 18.2. The highest BCUT2D eigenvalue weighted by Gasteiger charge is 2.29. The third-order valence-electron chi connectivity index (χ3n) is 3.36. The Kier molecular flexibility index (Phi) is 5.16. The molecule has 0 fully saturated rings. The van der Waals surface area contributed by atoms with Crippen LogP contribution in [0.4, 0.5) is 18.9 Å². The van der Waals surface area contributed by atoms with E-state index in [4.69, 9.17) is 5.21 Å². The molecule has 0 aromatic heterocycles. The van der Waals surface area contributed by atoms with Gasteiger partial charge in [-0.3, -0.25) is 5.21 Å². The van der Waals surface area contributed by atoms with Crippen LogP contribution in [0.2, 0.25) is 0 Å². The maximum Gasteiger partial charge on any atom is 0.416 e. The number of hydrogen-bond acceptors (Lipinski definition) is 5. The molecule has 1 N–H and O–H groups in total. The molecule has 2 aromatic rings. The second-order valence-electron chi connectivity index (χ2n) is 5.03. The molecule has 0 aliphatic carbocycles. The summed E-state index contributed by atoms with van der Waals surface area (Å²) in [7, 11) is -3.66. The number of halogens is 3. The highest BCUT2D eigenvalue weighted by Crippen LogP contribution is 2.29. The van der Waals surface area contributed by atoms with Crippen molar-refractivity contribution in [2.75, 3.05) is 11.0 Å². The molecular formula is C15H13F3NO4S-. The van der Waals surface area contributed by atoms with E-state index in [0.717, 1.165) is 24.3 Å². The lowest BCUT2D eigenvalue weighted by Gasteiger charge is -2.21. The number of sulfone groups is 1. The Morgan fingerprint density at radius 1 is 1.00 bits per heavy atom. The molecule has 0 spiro atoms. The standard InChI is InChI=1S/C15H13F3NO4S/c16-15(17,18)12-3-1-11(2-4-12)9-10-24(22,23)14-7-5-13(6-8-14)19(20)21/h1-8,20H,9-10H2/q-1. The summed E-state index contributed by atoms with van der Waals surface area (Å²) in [5.74, 6) is -0.294. The summed E-state index contributed by atoms with van der Waals surface area (Å²) in [6, 6.07) is 8.94. The Hall–Kier alpha value is -2.10. The van der Waals surface area contributed by atoms with Crippen LogP contribution in [0.25, 0.3) is 0 Å². The zero-order chi connectivity index (χ0) is 18.0. The maximum atomic E-state index is 12.5. The van der Waals surface area contributed by atoms with Crippen molar-refractivity contribution >= 4 is 15.5 Å². The quantitative estimate of drug-likeness (QED) is 0.827. The van der Waals surface area contributed by atoms with Gasteiger partial charge in [-0.15, -0.1) is 0 Å². The van der Waals surface area contributed by atoms with Crippen molar-refractivity contribution in [3.8, 4) is 0 Å². The van der Waals surface area contributed by atoms with Crippen LogP contribution in [0, 0.1) is 5.21 Å². The fraction of sp³-hybridized carbons (Fsp3) is 0.200. The second-order valence-corrected chi connectivity index (χ2v) is 7.14. The number of nitrogens with zero attached hydrogens (tertiary/aromatic N) is 1. The predicted molar refractivity (Wildman–Crippen MR) is 81.3 cm³/mol. The lowest BCUT2D eigenvalue weighted by molar-refractivity contribution is -0.137. The van der Waals surface area contributed by atoms with Gasteiger partial charge in [0.05, 0.1) is 21.9 Å². The summed E-state index contributed by atoms with van der Waals surface area (Å²) in [4.78, 5) is -0.0417. The number of aryl methyl sites for hydroxylation is 1. The Balaban J connectivity index is 2.07. The number of hydrogen-bond donors (Lipinski definition) is 1. The molecule has 0 heterocycles. The van der Waals surface area contributed by atoms with Gasteiger partial charge in [0.2, 0.25) is 0 Å². The Bertz CT molecular complexity index is 785. The van der Waals surface area contributed by atoms with Gasteiger partial charge >= 0.3 is 6.18 Å². The summed E-state index contributed by atoms with van der Waals surface area (Å²) in [5, 5.41) is 19.0. The van der Waals surface area contributed by atoms with Crippen molar-refractivity contribution in [3.05, 3.63) is 64.9 Å². The first-order valence-electron chi connectivity index (χ1n) is 6.75. The Labute approximate surface area is 136 Å². The van der Waals surface area contributed by atoms with E-state index in [-0.39, 0.29) is 22.8 Å². The molecule has 0 saturated carbocycles. The number of alkyl halides is 3. The van der Waals surface area contributed by atoms with Gasteiger partial charge in [0.25, 0.3) is 0 Å². The lowest BCUT2D eigenvalue weighted by atomic mass is 10.1. The minimum atomic E-state index is -4.44. The molecule has 2 rings (SSSR count). The fourth-order valence-electron chi connectivity index (χ4n) is 2.01. The van der Waals surface area contributed by atoms with E-state index in [0.29, 0.717) is 5.56 Å². The highest BCUT2D eigenvalue weighted by atomic mass is 32.2. The first-order chi connectivity index (χ1) is 11.1. The van der Waals surface area contributed by atoms with E-state index in [2.05, 4.69) is 0 Å². The molecule has 0 aliphatic rings. The summed E-state index contributed by atoms with van der Waals surface area (Å²) in [6.07, 6.45) is -4.38. The molecule has 130 valence electrons. The van der Waals surface area contributed by atoms with Crippen molar-refractivity contribution in [2.24, 2.45) is 0 Å². The van der Waals surface area contributed by atoms with Gasteiger partial charge in [-0.05, 0) is 48.4 Å². The van der Waals surface area contributed by atoms with Crippen LogP contribution in [-0.4, -0.2) is 19.4 Å². The van der Waals surface area contributed by atoms with Crippen molar-refractivity contribution in [1.29, 1.82) is 0 Å². The SMILES string of the molecule is O=S(=O)(CCc1ccc(C(F)(F)F)cc1)c1ccc(N([O-])O)cc1. The summed E-state index contributed by atoms with van der Waals surface area (Å²) in [5.41, 5.74) is -0.447. The number of anilines is 1. The molecule has 9 heteroatoms. The van der Waals surface area contributed by atoms with Crippen molar-refractivity contribution in [1.82, 2.24) is 0 Å². The molecule has 5 nitrogen and oxygen atoms in total. The first-order valence-corrected chi connectivity index (χ1v) is 8.40. The van der Waals surface area contributed by atoms with Crippen LogP contribution in [0.5, 0.6) is 0 Å². The normalized spacial score (nSPS) is 12.2. The Morgan fingerprint density at radius 3 is 2.00 bits per heavy atom. The zero-order valence-corrected chi connectivity index (χ0v) is 13.0. The molecule has 0 atom stereocenters. The molecule has 0 bridgehead atoms. The van der Waals surface area contributed by atoms with Crippen LogP contribution < -0.4 is 5.23 Å². The average Bonchev–Trinajstić information content (AvgIpc) is 2.52. The van der Waals surface area contributed by atoms with Gasteiger partial charge in [-0.25, -0.2) is 8.42 Å². The zero-order valence-electron chi connectivity index (χ0n) is 12.2. The molecule has 24 heavy (non-hydrogen) atoms. The largest absolute Gasteiger partial charge is 0.733 e. The molecule has 0 unspecified atom stereocenters. The average molecular weight is 360 g/mol. The number of rotatable bonds is 5. The summed E-state index contributed by atoms with van der Waals surface area (Å²) in [6.45, 7) is 0. The van der Waals surface area contributed by atoms with Crippen molar-refractivity contribution < 1.29 is 26.8 Å². The van der Waals surface area contributed by atoms with Crippen molar-refractivity contribution in [3.63, 3.8) is 0 Å². The van der Waals surface area contributed by atoms with E-state index < -0.39 is 26.8 Å². The van der Waals surface area contributed by atoms with E-state index >= 15 is 0 Å². The third kappa shape index (κ3) is 4.47. The molecule has 0 amide bonds. The molecule has 0 aliphatic heterocycles. The van der Waals surface area contributed by atoms with Gasteiger partial charge in [0.15, 0.2) is 9.84 Å². The van der Waals surface area contributed by atoms with Gasteiger partial charge in [-0.2, -0.15) is 13.2 Å². The molecule has 0 saturated heterocycles. The van der Waals surface area contributed by atoms with Crippen molar-refractivity contribution in [2.45, 2.75) is 17.5 Å². The van der Waals surface area contributed by atoms with Gasteiger partial charge in [-0.1, -0.05) is 12.1 Å². The van der Waals surface area contributed by atoms with Gasteiger partial charge in [0, 0.05) is 0 Å². The minimum Gasteiger partial charge on any atom is -0.733 e. The monoisotopic (exact) mass is 360 g/mol. The third-order valence-corrected chi connectivity index (χ3v) is 5.09. The summed E-state index contributed by atoms with van der Waals surface area (Å²) < 4.78 is 61.8. The second kappa shape index (κ2) is 6.80. The van der Waals surface area contributed by atoms with Crippen LogP contribution in [-0.2, 0) is 22.4 Å². The van der Waals surface area contributed by atoms with Gasteiger partial charge in [0.1, 0.15) is 0 Å². The van der Waals surface area contributed by atoms with Gasteiger partial charge < -0.3 is 10.4 Å². The molecule has 2 aromatic carbocycles. The highest BCUT2D eigenvalue weighted by molar-refractivity contribution is 7.91.